The molecule has 0 aromatic rings. The normalized spacial score (nSPS) is 16.1. The van der Waals surface area contributed by atoms with Gasteiger partial charge < -0.3 is 15.8 Å². The molecule has 4 nitrogen and oxygen atoms in total. The van der Waals surface area contributed by atoms with E-state index in [2.05, 4.69) is 5.32 Å². The minimum atomic E-state index is 0.151. The minimum absolute atomic E-state index is 0.151. The minimum Gasteiger partial charge on any atom is -0.376 e. The maximum Gasteiger partial charge on any atom is 0.220 e. The molecular weight excluding hydrogens is 228 g/mol. The summed E-state index contributed by atoms with van der Waals surface area (Å²) in [5.41, 5.74) is 5.41. The second-order valence-electron chi connectivity index (χ2n) is 5.08. The van der Waals surface area contributed by atoms with Crippen LogP contribution < -0.4 is 11.1 Å². The highest BCUT2D eigenvalue weighted by atomic mass is 16.5. The number of unbranched alkanes of at least 4 members (excludes halogenated alkanes) is 3. The van der Waals surface area contributed by atoms with Crippen LogP contribution in [-0.4, -0.2) is 31.7 Å². The summed E-state index contributed by atoms with van der Waals surface area (Å²) in [6.07, 6.45) is 10.3. The fourth-order valence-corrected chi connectivity index (χ4v) is 2.34. The molecule has 0 radical (unpaired) electrons. The summed E-state index contributed by atoms with van der Waals surface area (Å²) in [7, 11) is 0. The molecule has 0 spiro atoms. The van der Waals surface area contributed by atoms with Crippen molar-refractivity contribution in [2.24, 2.45) is 5.73 Å². The van der Waals surface area contributed by atoms with Gasteiger partial charge in [0, 0.05) is 13.0 Å². The van der Waals surface area contributed by atoms with Crippen molar-refractivity contribution >= 4 is 5.91 Å². The van der Waals surface area contributed by atoms with Gasteiger partial charge in [-0.15, -0.1) is 0 Å². The van der Waals surface area contributed by atoms with Gasteiger partial charge in [0.1, 0.15) is 0 Å². The van der Waals surface area contributed by atoms with Crippen molar-refractivity contribution in [2.75, 3.05) is 19.7 Å². The van der Waals surface area contributed by atoms with Gasteiger partial charge in [-0.1, -0.05) is 25.7 Å². The van der Waals surface area contributed by atoms with Gasteiger partial charge in [0.2, 0.25) is 5.91 Å². The lowest BCUT2D eigenvalue weighted by Gasteiger charge is -2.11. The first-order chi connectivity index (χ1) is 8.83. The number of carbonyl (C=O) groups is 1. The second kappa shape index (κ2) is 10.3. The number of nitrogens with two attached hydrogens (primary N) is 1. The third kappa shape index (κ3) is 7.67. The molecule has 18 heavy (non-hydrogen) atoms. The molecule has 0 bridgehead atoms. The SMILES string of the molecule is NCCCCCCC(=O)NCCOC1CCCC1. The molecule has 106 valence electrons. The number of ether oxygens (including phenoxy) is 1. The van der Waals surface area contributed by atoms with Crippen molar-refractivity contribution in [1.82, 2.24) is 5.32 Å². The van der Waals surface area contributed by atoms with Gasteiger partial charge in [0.05, 0.1) is 12.7 Å². The zero-order chi connectivity index (χ0) is 13.1. The lowest BCUT2D eigenvalue weighted by molar-refractivity contribution is -0.121. The largest absolute Gasteiger partial charge is 0.376 e. The summed E-state index contributed by atoms with van der Waals surface area (Å²) in [6, 6.07) is 0. The standard InChI is InChI=1S/C14H28N2O2/c15-10-6-2-1-3-9-14(17)16-11-12-18-13-7-4-5-8-13/h13H,1-12,15H2,(H,16,17). The van der Waals surface area contributed by atoms with Gasteiger partial charge in [0.15, 0.2) is 0 Å². The Labute approximate surface area is 111 Å². The predicted octanol–water partition coefficient (Wildman–Crippen LogP) is 1.97. The van der Waals surface area contributed by atoms with E-state index in [-0.39, 0.29) is 5.91 Å². The van der Waals surface area contributed by atoms with Crippen LogP contribution in [-0.2, 0) is 9.53 Å². The molecule has 0 unspecified atom stereocenters. The molecule has 1 aliphatic carbocycles. The van der Waals surface area contributed by atoms with Crippen LogP contribution in [0.25, 0.3) is 0 Å². The van der Waals surface area contributed by atoms with Crippen molar-refractivity contribution in [1.29, 1.82) is 0 Å². The summed E-state index contributed by atoms with van der Waals surface area (Å²) in [4.78, 5) is 11.5. The average Bonchev–Trinajstić information content (AvgIpc) is 2.87. The molecule has 0 atom stereocenters. The van der Waals surface area contributed by atoms with Crippen LogP contribution in [0.2, 0.25) is 0 Å². The maximum absolute atomic E-state index is 11.5. The Morgan fingerprint density at radius 3 is 2.61 bits per heavy atom. The van der Waals surface area contributed by atoms with Crippen LogP contribution in [0.4, 0.5) is 0 Å². The van der Waals surface area contributed by atoms with Crippen LogP contribution in [0.3, 0.4) is 0 Å². The van der Waals surface area contributed by atoms with Gasteiger partial charge in [-0.3, -0.25) is 4.79 Å². The molecule has 1 amide bonds. The van der Waals surface area contributed by atoms with Crippen LogP contribution in [0, 0.1) is 0 Å². The number of amides is 1. The number of hydrogen-bond donors (Lipinski definition) is 2. The maximum atomic E-state index is 11.5. The highest BCUT2D eigenvalue weighted by Gasteiger charge is 2.14. The van der Waals surface area contributed by atoms with Crippen molar-refractivity contribution < 1.29 is 9.53 Å². The molecule has 0 aromatic heterocycles. The van der Waals surface area contributed by atoms with E-state index in [1.165, 1.54) is 25.7 Å². The highest BCUT2D eigenvalue weighted by molar-refractivity contribution is 5.75. The zero-order valence-electron chi connectivity index (χ0n) is 11.5. The molecule has 0 aromatic carbocycles. The van der Waals surface area contributed by atoms with Gasteiger partial charge in [-0.05, 0) is 32.2 Å². The quantitative estimate of drug-likeness (QED) is 0.587. The van der Waals surface area contributed by atoms with Gasteiger partial charge >= 0.3 is 0 Å². The van der Waals surface area contributed by atoms with E-state index in [4.69, 9.17) is 10.5 Å². The van der Waals surface area contributed by atoms with Crippen LogP contribution in [0.5, 0.6) is 0 Å². The van der Waals surface area contributed by atoms with E-state index < -0.39 is 0 Å². The molecule has 0 saturated heterocycles. The third-order valence-corrected chi connectivity index (χ3v) is 3.44. The molecule has 0 aliphatic heterocycles. The Morgan fingerprint density at radius 2 is 1.89 bits per heavy atom. The summed E-state index contributed by atoms with van der Waals surface area (Å²) in [5.74, 6) is 0.151. The Bertz CT molecular complexity index is 216. The molecule has 1 rings (SSSR count). The molecule has 1 aliphatic rings. The summed E-state index contributed by atoms with van der Waals surface area (Å²) >= 11 is 0. The smallest absolute Gasteiger partial charge is 0.220 e. The Hall–Kier alpha value is -0.610. The van der Waals surface area contributed by atoms with E-state index in [0.29, 0.717) is 25.7 Å². The fraction of sp³-hybridized carbons (Fsp3) is 0.929. The van der Waals surface area contributed by atoms with E-state index in [9.17, 15) is 4.79 Å². The predicted molar refractivity (Wildman–Crippen MR) is 73.4 cm³/mol. The lowest BCUT2D eigenvalue weighted by atomic mass is 10.1. The topological polar surface area (TPSA) is 64.4 Å². The number of rotatable bonds is 10. The van der Waals surface area contributed by atoms with Crippen LogP contribution in [0.15, 0.2) is 0 Å². The number of carbonyl (C=O) groups excluding carboxylic acids is 1. The molecule has 0 heterocycles. The van der Waals surface area contributed by atoms with E-state index in [1.807, 2.05) is 0 Å². The van der Waals surface area contributed by atoms with Gasteiger partial charge in [-0.25, -0.2) is 0 Å². The van der Waals surface area contributed by atoms with Crippen molar-refractivity contribution in [3.05, 3.63) is 0 Å². The van der Waals surface area contributed by atoms with E-state index in [0.717, 1.165) is 32.2 Å². The second-order valence-corrected chi connectivity index (χ2v) is 5.08. The first-order valence-corrected chi connectivity index (χ1v) is 7.41. The van der Waals surface area contributed by atoms with Crippen LogP contribution in [0.1, 0.15) is 57.8 Å². The molecule has 1 saturated carbocycles. The zero-order valence-corrected chi connectivity index (χ0v) is 11.5. The Kier molecular flexibility index (Phi) is 8.86. The molecule has 3 N–H and O–H groups in total. The van der Waals surface area contributed by atoms with Gasteiger partial charge in [-0.2, -0.15) is 0 Å². The number of nitrogens with one attached hydrogen (secondary N) is 1. The van der Waals surface area contributed by atoms with Crippen molar-refractivity contribution in [2.45, 2.75) is 63.9 Å². The summed E-state index contributed by atoms with van der Waals surface area (Å²) < 4.78 is 5.68. The number of hydrogen-bond acceptors (Lipinski definition) is 3. The molecule has 4 heteroatoms. The highest BCUT2D eigenvalue weighted by Crippen LogP contribution is 2.20. The molecule has 1 fully saturated rings. The first-order valence-electron chi connectivity index (χ1n) is 7.41. The molecular formula is C14H28N2O2. The van der Waals surface area contributed by atoms with Crippen molar-refractivity contribution in [3.63, 3.8) is 0 Å². The summed E-state index contributed by atoms with van der Waals surface area (Å²) in [6.45, 7) is 2.06. The van der Waals surface area contributed by atoms with E-state index in [1.54, 1.807) is 0 Å². The monoisotopic (exact) mass is 256 g/mol. The first kappa shape index (κ1) is 15.4. The van der Waals surface area contributed by atoms with Crippen molar-refractivity contribution in [3.8, 4) is 0 Å². The average molecular weight is 256 g/mol. The fourth-order valence-electron chi connectivity index (χ4n) is 2.34. The Balaban J connectivity index is 1.84. The van der Waals surface area contributed by atoms with Gasteiger partial charge in [0.25, 0.3) is 0 Å². The lowest BCUT2D eigenvalue weighted by Crippen LogP contribution is -2.28. The summed E-state index contributed by atoms with van der Waals surface area (Å²) in [5, 5.41) is 2.91. The third-order valence-electron chi connectivity index (χ3n) is 3.44. The van der Waals surface area contributed by atoms with Crippen LogP contribution >= 0.6 is 0 Å². The Morgan fingerprint density at radius 1 is 1.17 bits per heavy atom. The van der Waals surface area contributed by atoms with E-state index >= 15 is 0 Å².